The van der Waals surface area contributed by atoms with E-state index in [1.54, 1.807) is 24.3 Å². The Morgan fingerprint density at radius 3 is 2.19 bits per heavy atom. The van der Waals surface area contributed by atoms with Gasteiger partial charge < -0.3 is 10.6 Å². The number of hydrogen-bond donors (Lipinski definition) is 2. The van der Waals surface area contributed by atoms with Crippen LogP contribution in [-0.2, 0) is 11.2 Å². The second-order valence-electron chi connectivity index (χ2n) is 10.6. The monoisotopic (exact) mass is 428 g/mol. The van der Waals surface area contributed by atoms with Crippen LogP contribution in [0.3, 0.4) is 0 Å². The van der Waals surface area contributed by atoms with E-state index in [2.05, 4.69) is 10.6 Å². The van der Waals surface area contributed by atoms with E-state index in [0.717, 1.165) is 37.7 Å². The Kier molecular flexibility index (Phi) is 4.33. The summed E-state index contributed by atoms with van der Waals surface area (Å²) in [5, 5.41) is 6.52. The van der Waals surface area contributed by atoms with Crippen LogP contribution in [0.25, 0.3) is 0 Å². The molecule has 5 nitrogen and oxygen atoms in total. The Balaban J connectivity index is 1.46. The number of Topliss-reactive ketones (excluding diaryl/α,β-unsaturated/α-hetero) is 1. The molecule has 2 amide bonds. The Hall–Kier alpha value is -2.95. The van der Waals surface area contributed by atoms with Gasteiger partial charge in [-0.15, -0.1) is 0 Å². The molecule has 4 bridgehead atoms. The van der Waals surface area contributed by atoms with E-state index in [1.165, 1.54) is 0 Å². The molecule has 2 aromatic rings. The molecule has 3 atom stereocenters. The number of hydrogen-bond acceptors (Lipinski definition) is 3. The Morgan fingerprint density at radius 2 is 1.47 bits per heavy atom. The highest BCUT2D eigenvalue weighted by Crippen LogP contribution is 2.61. The van der Waals surface area contributed by atoms with E-state index < -0.39 is 11.5 Å². The Bertz CT molecular complexity index is 1090. The highest BCUT2D eigenvalue weighted by Gasteiger charge is 2.61. The summed E-state index contributed by atoms with van der Waals surface area (Å²) >= 11 is 0. The van der Waals surface area contributed by atoms with Gasteiger partial charge in [0.2, 0.25) is 5.91 Å². The minimum atomic E-state index is -0.694. The lowest BCUT2D eigenvalue weighted by molar-refractivity contribution is -0.150. The lowest BCUT2D eigenvalue weighted by Gasteiger charge is -2.61. The van der Waals surface area contributed by atoms with Crippen LogP contribution in [0.15, 0.2) is 54.6 Å². The number of rotatable bonds is 2. The zero-order valence-electron chi connectivity index (χ0n) is 18.1. The quantitative estimate of drug-likeness (QED) is 0.766. The summed E-state index contributed by atoms with van der Waals surface area (Å²) in [4.78, 5) is 41.0. The lowest BCUT2D eigenvalue weighted by Crippen LogP contribution is -2.66. The fraction of sp³-hybridized carbons (Fsp3) is 0.444. The van der Waals surface area contributed by atoms with Gasteiger partial charge in [0, 0.05) is 17.5 Å². The summed E-state index contributed by atoms with van der Waals surface area (Å²) in [6.07, 6.45) is 5.85. The zero-order valence-corrected chi connectivity index (χ0v) is 18.1. The SMILES string of the molecule is O=C1NC23CC4CC(C2)CC(C4)(C3)C(=O)NC(Cc2ccccc2)C(=O)c2ccccc21. The van der Waals surface area contributed by atoms with Crippen molar-refractivity contribution in [2.45, 2.75) is 56.5 Å². The number of nitrogens with one attached hydrogen (secondary N) is 2. The standard InChI is InChI=1S/C27H28N2O3/c30-23-20-8-4-5-9-21(20)24(31)29-27-14-18-10-19(15-27)13-26(12-18,16-27)25(32)28-22(23)11-17-6-2-1-3-7-17/h1-9,18-19,22H,10-16H2,(H,28,32)(H,29,31). The third kappa shape index (κ3) is 3.09. The number of amides is 2. The fourth-order valence-corrected chi connectivity index (χ4v) is 7.44. The second kappa shape index (κ2) is 7.03. The predicted molar refractivity (Wildman–Crippen MR) is 120 cm³/mol. The molecule has 5 aliphatic rings. The molecular formula is C27H28N2O3. The van der Waals surface area contributed by atoms with Gasteiger partial charge in [-0.2, -0.15) is 0 Å². The maximum absolute atomic E-state index is 13.8. The fourth-order valence-electron chi connectivity index (χ4n) is 7.44. The van der Waals surface area contributed by atoms with Gasteiger partial charge in [0.15, 0.2) is 5.78 Å². The average molecular weight is 429 g/mol. The molecule has 2 N–H and O–H groups in total. The Labute approximate surface area is 188 Å². The van der Waals surface area contributed by atoms with Crippen molar-refractivity contribution in [3.63, 3.8) is 0 Å². The van der Waals surface area contributed by atoms with Crippen molar-refractivity contribution in [1.82, 2.24) is 10.6 Å². The molecule has 0 radical (unpaired) electrons. The van der Waals surface area contributed by atoms with Gasteiger partial charge in [0.25, 0.3) is 5.91 Å². The van der Waals surface area contributed by atoms with Crippen LogP contribution in [0.5, 0.6) is 0 Å². The molecule has 32 heavy (non-hydrogen) atoms. The predicted octanol–water partition coefficient (Wildman–Crippen LogP) is 3.68. The topological polar surface area (TPSA) is 75.3 Å². The smallest absolute Gasteiger partial charge is 0.252 e. The molecule has 7 rings (SSSR count). The zero-order chi connectivity index (χ0) is 21.9. The van der Waals surface area contributed by atoms with Crippen LogP contribution in [0, 0.1) is 17.3 Å². The summed E-state index contributed by atoms with van der Waals surface area (Å²) < 4.78 is 0. The van der Waals surface area contributed by atoms with E-state index in [1.807, 2.05) is 30.3 Å². The van der Waals surface area contributed by atoms with Crippen molar-refractivity contribution in [3.05, 3.63) is 71.3 Å². The molecule has 3 unspecified atom stereocenters. The minimum Gasteiger partial charge on any atom is -0.347 e. The maximum Gasteiger partial charge on any atom is 0.252 e. The van der Waals surface area contributed by atoms with Crippen LogP contribution in [0.4, 0.5) is 0 Å². The molecule has 4 aliphatic carbocycles. The first kappa shape index (κ1) is 19.7. The molecule has 0 saturated heterocycles. The summed E-state index contributed by atoms with van der Waals surface area (Å²) in [6, 6.07) is 16.1. The molecule has 5 heteroatoms. The van der Waals surface area contributed by atoms with Crippen molar-refractivity contribution in [2.75, 3.05) is 0 Å². The highest BCUT2D eigenvalue weighted by molar-refractivity contribution is 6.11. The number of carbonyl (C=O) groups is 3. The molecule has 2 spiro atoms. The van der Waals surface area contributed by atoms with E-state index in [9.17, 15) is 14.4 Å². The van der Waals surface area contributed by atoms with Gasteiger partial charge in [-0.1, -0.05) is 48.5 Å². The summed E-state index contributed by atoms with van der Waals surface area (Å²) in [5.41, 5.74) is 0.967. The molecule has 164 valence electrons. The first-order valence-corrected chi connectivity index (χ1v) is 11.8. The van der Waals surface area contributed by atoms with Gasteiger partial charge in [-0.3, -0.25) is 14.4 Å². The van der Waals surface area contributed by atoms with Gasteiger partial charge in [0.1, 0.15) is 0 Å². The van der Waals surface area contributed by atoms with Crippen LogP contribution >= 0.6 is 0 Å². The number of fused-ring (bicyclic) bond motifs is 1. The van der Waals surface area contributed by atoms with Gasteiger partial charge in [-0.05, 0) is 62.0 Å². The summed E-state index contributed by atoms with van der Waals surface area (Å²) in [6.45, 7) is 0. The van der Waals surface area contributed by atoms with E-state index >= 15 is 0 Å². The molecule has 4 fully saturated rings. The highest BCUT2D eigenvalue weighted by atomic mass is 16.2. The molecule has 0 aromatic heterocycles. The minimum absolute atomic E-state index is 0.00103. The number of carbonyl (C=O) groups excluding carboxylic acids is 3. The van der Waals surface area contributed by atoms with Crippen molar-refractivity contribution in [3.8, 4) is 0 Å². The number of ketones is 1. The molecule has 1 aliphatic heterocycles. The van der Waals surface area contributed by atoms with E-state index in [-0.39, 0.29) is 23.1 Å². The first-order valence-electron chi connectivity index (χ1n) is 11.8. The number of benzene rings is 2. The third-order valence-corrected chi connectivity index (χ3v) is 8.26. The van der Waals surface area contributed by atoms with Crippen molar-refractivity contribution < 1.29 is 14.4 Å². The van der Waals surface area contributed by atoms with Gasteiger partial charge >= 0.3 is 0 Å². The molecule has 4 saturated carbocycles. The van der Waals surface area contributed by atoms with Crippen molar-refractivity contribution in [2.24, 2.45) is 17.3 Å². The average Bonchev–Trinajstić information content (AvgIpc) is 2.77. The van der Waals surface area contributed by atoms with Crippen LogP contribution < -0.4 is 10.6 Å². The second-order valence-corrected chi connectivity index (χ2v) is 10.6. The largest absolute Gasteiger partial charge is 0.347 e. The van der Waals surface area contributed by atoms with Gasteiger partial charge in [0.05, 0.1) is 17.0 Å². The first-order chi connectivity index (χ1) is 15.5. The lowest BCUT2D eigenvalue weighted by atomic mass is 9.46. The summed E-state index contributed by atoms with van der Waals surface area (Å²) in [5.74, 6) is 0.541. The van der Waals surface area contributed by atoms with E-state index in [4.69, 9.17) is 0 Å². The normalized spacial score (nSPS) is 35.5. The Morgan fingerprint density at radius 1 is 0.812 bits per heavy atom. The molecule has 2 aromatic carbocycles. The molecular weight excluding hydrogens is 400 g/mol. The maximum atomic E-state index is 13.8. The third-order valence-electron chi connectivity index (χ3n) is 8.26. The van der Waals surface area contributed by atoms with Crippen LogP contribution in [0.2, 0.25) is 0 Å². The summed E-state index contributed by atoms with van der Waals surface area (Å²) in [7, 11) is 0. The van der Waals surface area contributed by atoms with E-state index in [0.29, 0.717) is 35.8 Å². The molecule has 1 heterocycles. The van der Waals surface area contributed by atoms with Crippen molar-refractivity contribution in [1.29, 1.82) is 0 Å². The van der Waals surface area contributed by atoms with Crippen molar-refractivity contribution >= 4 is 17.6 Å². The van der Waals surface area contributed by atoms with Gasteiger partial charge in [-0.25, -0.2) is 0 Å². The van der Waals surface area contributed by atoms with Crippen LogP contribution in [-0.4, -0.2) is 29.2 Å². The van der Waals surface area contributed by atoms with Crippen LogP contribution in [0.1, 0.15) is 64.8 Å².